The van der Waals surface area contributed by atoms with Crippen LogP contribution in [0.2, 0.25) is 5.02 Å². The van der Waals surface area contributed by atoms with Crippen LogP contribution in [0.4, 0.5) is 5.69 Å². The monoisotopic (exact) mass is 245 g/mol. The normalized spacial score (nSPS) is 13.5. The number of halogens is 1. The van der Waals surface area contributed by atoms with Crippen molar-refractivity contribution in [2.24, 2.45) is 0 Å². The quantitative estimate of drug-likeness (QED) is 0.825. The molecule has 0 aliphatic carbocycles. The number of rotatable bonds is 1. The largest absolute Gasteiger partial charge is 0.490 e. The van der Waals surface area contributed by atoms with E-state index in [4.69, 9.17) is 16.3 Å². The molecule has 2 aromatic rings. The van der Waals surface area contributed by atoms with E-state index in [-0.39, 0.29) is 0 Å². The van der Waals surface area contributed by atoms with Gasteiger partial charge in [-0.1, -0.05) is 29.8 Å². The van der Waals surface area contributed by atoms with Crippen LogP contribution in [0.1, 0.15) is 0 Å². The van der Waals surface area contributed by atoms with E-state index in [1.807, 2.05) is 24.3 Å². The van der Waals surface area contributed by atoms with Gasteiger partial charge in [-0.05, 0) is 35.4 Å². The lowest BCUT2D eigenvalue weighted by Crippen LogP contribution is -2.17. The molecule has 1 aliphatic rings. The molecule has 3 heteroatoms. The molecule has 17 heavy (non-hydrogen) atoms. The van der Waals surface area contributed by atoms with Crippen molar-refractivity contribution in [3.8, 4) is 16.9 Å². The number of anilines is 1. The molecule has 1 heterocycles. The number of benzene rings is 2. The topological polar surface area (TPSA) is 21.3 Å². The minimum atomic E-state index is 0.726. The summed E-state index contributed by atoms with van der Waals surface area (Å²) in [5.41, 5.74) is 3.31. The lowest BCUT2D eigenvalue weighted by atomic mass is 10.0. The van der Waals surface area contributed by atoms with Crippen molar-refractivity contribution in [1.29, 1.82) is 0 Å². The van der Waals surface area contributed by atoms with Crippen LogP contribution in [0.3, 0.4) is 0 Å². The molecule has 0 amide bonds. The van der Waals surface area contributed by atoms with Crippen LogP contribution in [0.15, 0.2) is 42.5 Å². The first-order valence-electron chi connectivity index (χ1n) is 5.59. The third-order valence-corrected chi connectivity index (χ3v) is 3.05. The van der Waals surface area contributed by atoms with E-state index in [9.17, 15) is 0 Å². The maximum absolute atomic E-state index is 6.00. The summed E-state index contributed by atoms with van der Waals surface area (Å²) in [6.45, 7) is 1.58. The summed E-state index contributed by atoms with van der Waals surface area (Å²) in [5, 5.41) is 4.08. The van der Waals surface area contributed by atoms with Crippen molar-refractivity contribution in [3.05, 3.63) is 47.5 Å². The van der Waals surface area contributed by atoms with Gasteiger partial charge in [0, 0.05) is 11.6 Å². The maximum atomic E-state index is 6.00. The second-order valence-electron chi connectivity index (χ2n) is 4.00. The Kier molecular flexibility index (Phi) is 2.65. The molecule has 86 valence electrons. The first kappa shape index (κ1) is 10.5. The fourth-order valence-electron chi connectivity index (χ4n) is 1.99. The Morgan fingerprint density at radius 1 is 1.06 bits per heavy atom. The summed E-state index contributed by atoms with van der Waals surface area (Å²) in [4.78, 5) is 0. The fraction of sp³-hybridized carbons (Fsp3) is 0.143. The van der Waals surface area contributed by atoms with E-state index < -0.39 is 0 Å². The van der Waals surface area contributed by atoms with Gasteiger partial charge in [0.2, 0.25) is 0 Å². The highest BCUT2D eigenvalue weighted by atomic mass is 35.5. The molecule has 2 aromatic carbocycles. The molecule has 3 rings (SSSR count). The lowest BCUT2D eigenvalue weighted by molar-refractivity contribution is 0.323. The molecule has 0 radical (unpaired) electrons. The summed E-state index contributed by atoms with van der Waals surface area (Å²) >= 11 is 6.00. The Balaban J connectivity index is 2.04. The minimum absolute atomic E-state index is 0.726. The van der Waals surface area contributed by atoms with E-state index in [0.29, 0.717) is 0 Å². The standard InChI is InChI=1S/C14H12ClNO/c15-12-3-1-2-10(8-12)11-4-5-14-13(9-11)16-6-7-17-14/h1-5,8-9,16H,6-7H2. The highest BCUT2D eigenvalue weighted by Crippen LogP contribution is 2.32. The van der Waals surface area contributed by atoms with Crippen LogP contribution < -0.4 is 10.1 Å². The van der Waals surface area contributed by atoms with Gasteiger partial charge in [0.15, 0.2) is 0 Å². The SMILES string of the molecule is Clc1cccc(-c2ccc3c(c2)NCCO3)c1. The second kappa shape index (κ2) is 4.30. The van der Waals surface area contributed by atoms with E-state index >= 15 is 0 Å². The van der Waals surface area contributed by atoms with Crippen molar-refractivity contribution in [3.63, 3.8) is 0 Å². The molecular formula is C14H12ClNO. The second-order valence-corrected chi connectivity index (χ2v) is 4.43. The van der Waals surface area contributed by atoms with Crippen LogP contribution in [0.25, 0.3) is 11.1 Å². The summed E-state index contributed by atoms with van der Waals surface area (Å²) < 4.78 is 5.55. The van der Waals surface area contributed by atoms with Crippen LogP contribution >= 0.6 is 11.6 Å². The molecule has 1 aliphatic heterocycles. The summed E-state index contributed by atoms with van der Waals surface area (Å²) in [6, 6.07) is 14.0. The van der Waals surface area contributed by atoms with Gasteiger partial charge in [0.25, 0.3) is 0 Å². The van der Waals surface area contributed by atoms with Gasteiger partial charge >= 0.3 is 0 Å². The van der Waals surface area contributed by atoms with Crippen LogP contribution in [0, 0.1) is 0 Å². The van der Waals surface area contributed by atoms with Crippen molar-refractivity contribution in [1.82, 2.24) is 0 Å². The smallest absolute Gasteiger partial charge is 0.142 e. The Labute approximate surface area is 105 Å². The average Bonchev–Trinajstić information content (AvgIpc) is 2.38. The van der Waals surface area contributed by atoms with Crippen molar-refractivity contribution >= 4 is 17.3 Å². The van der Waals surface area contributed by atoms with Crippen molar-refractivity contribution < 1.29 is 4.74 Å². The number of fused-ring (bicyclic) bond motifs is 1. The lowest BCUT2D eigenvalue weighted by Gasteiger charge is -2.19. The molecule has 0 saturated heterocycles. The summed E-state index contributed by atoms with van der Waals surface area (Å²) in [6.07, 6.45) is 0. The molecule has 0 aromatic heterocycles. The molecule has 0 spiro atoms. The van der Waals surface area contributed by atoms with Gasteiger partial charge in [-0.25, -0.2) is 0 Å². The van der Waals surface area contributed by atoms with E-state index in [2.05, 4.69) is 23.5 Å². The van der Waals surface area contributed by atoms with Crippen molar-refractivity contribution in [2.45, 2.75) is 0 Å². The Morgan fingerprint density at radius 2 is 1.94 bits per heavy atom. The Hall–Kier alpha value is -1.67. The zero-order chi connectivity index (χ0) is 11.7. The van der Waals surface area contributed by atoms with Gasteiger partial charge in [0.1, 0.15) is 12.4 Å². The molecule has 0 bridgehead atoms. The minimum Gasteiger partial charge on any atom is -0.490 e. The number of hydrogen-bond acceptors (Lipinski definition) is 2. The van der Waals surface area contributed by atoms with Gasteiger partial charge in [-0.15, -0.1) is 0 Å². The van der Waals surface area contributed by atoms with Crippen LogP contribution in [-0.4, -0.2) is 13.2 Å². The zero-order valence-corrected chi connectivity index (χ0v) is 10.00. The molecular weight excluding hydrogens is 234 g/mol. The highest BCUT2D eigenvalue weighted by molar-refractivity contribution is 6.30. The average molecular weight is 246 g/mol. The molecule has 0 unspecified atom stereocenters. The van der Waals surface area contributed by atoms with Gasteiger partial charge in [0.05, 0.1) is 5.69 Å². The summed E-state index contributed by atoms with van der Waals surface area (Å²) in [5.74, 6) is 0.919. The maximum Gasteiger partial charge on any atom is 0.142 e. The predicted octanol–water partition coefficient (Wildman–Crippen LogP) is 3.81. The third-order valence-electron chi connectivity index (χ3n) is 2.81. The molecule has 1 N–H and O–H groups in total. The number of ether oxygens (including phenoxy) is 1. The van der Waals surface area contributed by atoms with Crippen molar-refractivity contribution in [2.75, 3.05) is 18.5 Å². The molecule has 2 nitrogen and oxygen atoms in total. The van der Waals surface area contributed by atoms with E-state index in [1.165, 1.54) is 0 Å². The Morgan fingerprint density at radius 3 is 2.82 bits per heavy atom. The van der Waals surface area contributed by atoms with Gasteiger partial charge in [-0.2, -0.15) is 0 Å². The predicted molar refractivity (Wildman–Crippen MR) is 70.9 cm³/mol. The number of nitrogens with one attached hydrogen (secondary N) is 1. The first-order chi connectivity index (χ1) is 8.33. The van der Waals surface area contributed by atoms with Crippen LogP contribution in [0.5, 0.6) is 5.75 Å². The zero-order valence-electron chi connectivity index (χ0n) is 9.24. The van der Waals surface area contributed by atoms with Gasteiger partial charge < -0.3 is 10.1 Å². The first-order valence-corrected chi connectivity index (χ1v) is 5.97. The van der Waals surface area contributed by atoms with Gasteiger partial charge in [-0.3, -0.25) is 0 Å². The fourth-order valence-corrected chi connectivity index (χ4v) is 2.18. The van der Waals surface area contributed by atoms with Crippen LogP contribution in [-0.2, 0) is 0 Å². The molecule has 0 atom stereocenters. The Bertz CT molecular complexity index is 554. The summed E-state index contributed by atoms with van der Waals surface area (Å²) in [7, 11) is 0. The molecule has 0 fully saturated rings. The third kappa shape index (κ3) is 2.08. The molecule has 0 saturated carbocycles. The number of hydrogen-bond donors (Lipinski definition) is 1. The highest BCUT2D eigenvalue weighted by Gasteiger charge is 2.10. The van der Waals surface area contributed by atoms with E-state index in [1.54, 1.807) is 0 Å². The van der Waals surface area contributed by atoms with E-state index in [0.717, 1.165) is 40.7 Å².